The number of aromatic nitrogens is 2. The van der Waals surface area contributed by atoms with Gasteiger partial charge in [-0.2, -0.15) is 0 Å². The second-order valence-corrected chi connectivity index (χ2v) is 5.11. The van der Waals surface area contributed by atoms with Gasteiger partial charge in [-0.05, 0) is 18.2 Å². The zero-order valence-corrected chi connectivity index (χ0v) is 11.0. The molecule has 0 saturated heterocycles. The third-order valence-electron chi connectivity index (χ3n) is 2.73. The lowest BCUT2D eigenvalue weighted by molar-refractivity contribution is 0.541. The van der Waals surface area contributed by atoms with E-state index in [0.29, 0.717) is 5.03 Å². The van der Waals surface area contributed by atoms with E-state index in [1.54, 1.807) is 0 Å². The number of nitrogen functional groups attached to an aromatic ring is 1. The van der Waals surface area contributed by atoms with Crippen molar-refractivity contribution in [2.45, 2.75) is 9.92 Å². The summed E-state index contributed by atoms with van der Waals surface area (Å²) in [7, 11) is 0. The number of nitrogens with zero attached hydrogens (tertiary/aromatic N) is 2. The molecule has 0 saturated carbocycles. The molecule has 100 valence electrons. The Kier molecular flexibility index (Phi) is 3.23. The fraction of sp³-hybridized carbons (Fsp3) is 0. The summed E-state index contributed by atoms with van der Waals surface area (Å²) in [5.41, 5.74) is 6.17. The molecule has 3 aromatic rings. The topological polar surface area (TPSA) is 51.8 Å². The lowest BCUT2D eigenvalue weighted by Gasteiger charge is -2.07. The minimum absolute atomic E-state index is 0.0527. The lowest BCUT2D eigenvalue weighted by atomic mass is 10.2. The van der Waals surface area contributed by atoms with Gasteiger partial charge in [0.25, 0.3) is 0 Å². The summed E-state index contributed by atoms with van der Waals surface area (Å²) in [6, 6.07) is 9.48. The number of hydrogen-bond acceptors (Lipinski definition) is 4. The molecule has 0 spiro atoms. The van der Waals surface area contributed by atoms with Crippen molar-refractivity contribution in [3.8, 4) is 0 Å². The Morgan fingerprint density at radius 1 is 1.00 bits per heavy atom. The van der Waals surface area contributed by atoms with Gasteiger partial charge in [0.15, 0.2) is 0 Å². The van der Waals surface area contributed by atoms with Crippen molar-refractivity contribution >= 4 is 28.4 Å². The van der Waals surface area contributed by atoms with Crippen molar-refractivity contribution in [1.29, 1.82) is 0 Å². The van der Waals surface area contributed by atoms with Gasteiger partial charge in [0.2, 0.25) is 0 Å². The monoisotopic (exact) mass is 289 g/mol. The second kappa shape index (κ2) is 5.05. The van der Waals surface area contributed by atoms with Gasteiger partial charge < -0.3 is 5.73 Å². The number of benzene rings is 2. The van der Waals surface area contributed by atoms with Gasteiger partial charge >= 0.3 is 0 Å². The van der Waals surface area contributed by atoms with Crippen LogP contribution in [0.15, 0.2) is 52.6 Å². The number of anilines is 1. The summed E-state index contributed by atoms with van der Waals surface area (Å²) in [5, 5.41) is 1.24. The molecule has 3 rings (SSSR count). The van der Waals surface area contributed by atoms with E-state index in [1.807, 2.05) is 24.3 Å². The van der Waals surface area contributed by atoms with Gasteiger partial charge in [0.1, 0.15) is 23.0 Å². The maximum absolute atomic E-state index is 13.8. The number of nitrogens with two attached hydrogens (primary N) is 1. The van der Waals surface area contributed by atoms with Crippen LogP contribution in [0.1, 0.15) is 0 Å². The van der Waals surface area contributed by atoms with Gasteiger partial charge in [-0.1, -0.05) is 30.0 Å². The summed E-state index contributed by atoms with van der Waals surface area (Å²) in [6.45, 7) is 0. The van der Waals surface area contributed by atoms with Crippen molar-refractivity contribution in [2.75, 3.05) is 5.73 Å². The minimum atomic E-state index is -0.699. The van der Waals surface area contributed by atoms with Crippen LogP contribution < -0.4 is 5.73 Å². The van der Waals surface area contributed by atoms with E-state index >= 15 is 0 Å². The Bertz CT molecular complexity index is 764. The van der Waals surface area contributed by atoms with Gasteiger partial charge in [-0.25, -0.2) is 18.7 Å². The van der Waals surface area contributed by atoms with Crippen molar-refractivity contribution in [2.24, 2.45) is 0 Å². The molecule has 0 radical (unpaired) electrons. The van der Waals surface area contributed by atoms with Crippen molar-refractivity contribution in [1.82, 2.24) is 9.97 Å². The molecule has 1 heterocycles. The number of para-hydroxylation sites is 1. The van der Waals surface area contributed by atoms with E-state index in [9.17, 15) is 8.78 Å². The Hall–Kier alpha value is -2.21. The highest BCUT2D eigenvalue weighted by Crippen LogP contribution is 2.35. The average molecular weight is 289 g/mol. The largest absolute Gasteiger partial charge is 0.399 e. The molecule has 2 N–H and O–H groups in total. The Morgan fingerprint density at radius 2 is 1.70 bits per heavy atom. The number of fused-ring (bicyclic) bond motifs is 1. The first-order chi connectivity index (χ1) is 9.65. The molecule has 3 nitrogen and oxygen atoms in total. The lowest BCUT2D eigenvalue weighted by Crippen LogP contribution is -1.94. The number of rotatable bonds is 2. The molecular formula is C14H9F2N3S. The summed E-state index contributed by atoms with van der Waals surface area (Å²) >= 11 is 0.922. The summed E-state index contributed by atoms with van der Waals surface area (Å²) in [6.07, 6.45) is 1.37. The predicted octanol–water partition coefficient (Wildman–Crippen LogP) is 3.64. The molecule has 0 bridgehead atoms. The first-order valence-corrected chi connectivity index (χ1v) is 6.59. The van der Waals surface area contributed by atoms with Gasteiger partial charge in [-0.15, -0.1) is 0 Å². The first-order valence-electron chi connectivity index (χ1n) is 5.77. The second-order valence-electron chi connectivity index (χ2n) is 4.11. The molecule has 0 amide bonds. The van der Waals surface area contributed by atoms with Crippen LogP contribution in [0, 0.1) is 11.6 Å². The predicted molar refractivity (Wildman–Crippen MR) is 74.4 cm³/mol. The molecule has 2 aromatic carbocycles. The van der Waals surface area contributed by atoms with Crippen LogP contribution in [-0.2, 0) is 0 Å². The standard InChI is InChI=1S/C14H9F2N3S/c15-10-5-8(17)6-11(16)13(10)20-14-9-3-1-2-4-12(9)18-7-19-14/h1-7H,17H2. The molecule has 0 atom stereocenters. The number of halogens is 2. The van der Waals surface area contributed by atoms with Crippen molar-refractivity contribution in [3.63, 3.8) is 0 Å². The quantitative estimate of drug-likeness (QED) is 0.578. The van der Waals surface area contributed by atoms with E-state index in [-0.39, 0.29) is 10.6 Å². The van der Waals surface area contributed by atoms with E-state index in [2.05, 4.69) is 9.97 Å². The molecule has 0 fully saturated rings. The summed E-state index contributed by atoms with van der Waals surface area (Å²) < 4.78 is 27.6. The van der Waals surface area contributed by atoms with E-state index < -0.39 is 11.6 Å². The van der Waals surface area contributed by atoms with E-state index in [0.717, 1.165) is 34.8 Å². The van der Waals surface area contributed by atoms with E-state index in [1.165, 1.54) is 6.33 Å². The van der Waals surface area contributed by atoms with Crippen LogP contribution in [-0.4, -0.2) is 9.97 Å². The van der Waals surface area contributed by atoms with E-state index in [4.69, 9.17) is 5.73 Å². The van der Waals surface area contributed by atoms with Crippen LogP contribution in [0.4, 0.5) is 14.5 Å². The first kappa shape index (κ1) is 12.8. The molecule has 0 aliphatic carbocycles. The Labute approximate surface area is 117 Å². The zero-order chi connectivity index (χ0) is 14.1. The third kappa shape index (κ3) is 2.30. The maximum atomic E-state index is 13.8. The van der Waals surface area contributed by atoms with Crippen LogP contribution in [0.5, 0.6) is 0 Å². The minimum Gasteiger partial charge on any atom is -0.399 e. The SMILES string of the molecule is Nc1cc(F)c(Sc2ncnc3ccccc23)c(F)c1. The molecule has 1 aromatic heterocycles. The molecule has 20 heavy (non-hydrogen) atoms. The van der Waals surface area contributed by atoms with Gasteiger partial charge in [0.05, 0.1) is 10.4 Å². The molecule has 0 aliphatic rings. The molecular weight excluding hydrogens is 280 g/mol. The Balaban J connectivity index is 2.10. The fourth-order valence-corrected chi connectivity index (χ4v) is 2.72. The Morgan fingerprint density at radius 3 is 2.45 bits per heavy atom. The molecule has 6 heteroatoms. The van der Waals surface area contributed by atoms with Gasteiger partial charge in [-0.3, -0.25) is 0 Å². The average Bonchev–Trinajstić information content (AvgIpc) is 2.43. The summed E-state index contributed by atoms with van der Waals surface area (Å²) in [5.74, 6) is -1.40. The van der Waals surface area contributed by atoms with Gasteiger partial charge in [0, 0.05) is 11.1 Å². The van der Waals surface area contributed by atoms with Crippen LogP contribution in [0.2, 0.25) is 0 Å². The van der Waals surface area contributed by atoms with Crippen LogP contribution in [0.3, 0.4) is 0 Å². The fourth-order valence-electron chi connectivity index (χ4n) is 1.84. The highest BCUT2D eigenvalue weighted by atomic mass is 32.2. The highest BCUT2D eigenvalue weighted by molar-refractivity contribution is 7.99. The van der Waals surface area contributed by atoms with Crippen molar-refractivity contribution in [3.05, 3.63) is 54.4 Å². The maximum Gasteiger partial charge on any atom is 0.142 e. The zero-order valence-electron chi connectivity index (χ0n) is 10.2. The molecule has 0 unspecified atom stereocenters. The molecule has 0 aliphatic heterocycles. The third-order valence-corrected chi connectivity index (χ3v) is 3.84. The van der Waals surface area contributed by atoms with Crippen molar-refractivity contribution < 1.29 is 8.78 Å². The highest BCUT2D eigenvalue weighted by Gasteiger charge is 2.14. The normalized spacial score (nSPS) is 10.9. The van der Waals surface area contributed by atoms with Crippen LogP contribution >= 0.6 is 11.8 Å². The van der Waals surface area contributed by atoms with Crippen LogP contribution in [0.25, 0.3) is 10.9 Å². The smallest absolute Gasteiger partial charge is 0.142 e. The number of hydrogen-bond donors (Lipinski definition) is 1. The summed E-state index contributed by atoms with van der Waals surface area (Å²) in [4.78, 5) is 8.08.